The van der Waals surface area contributed by atoms with Crippen molar-refractivity contribution < 1.29 is 19.4 Å². The molecule has 21 heavy (non-hydrogen) atoms. The van der Waals surface area contributed by atoms with E-state index in [-0.39, 0.29) is 18.2 Å². The quantitative estimate of drug-likeness (QED) is 0.808. The summed E-state index contributed by atoms with van der Waals surface area (Å²) in [5.74, 6) is -0.457. The van der Waals surface area contributed by atoms with Crippen LogP contribution in [0.4, 0.5) is 0 Å². The van der Waals surface area contributed by atoms with Crippen molar-refractivity contribution in [2.75, 3.05) is 13.7 Å². The van der Waals surface area contributed by atoms with Gasteiger partial charge in [-0.1, -0.05) is 25.1 Å². The number of amides is 1. The van der Waals surface area contributed by atoms with E-state index in [1.54, 1.807) is 14.0 Å². The molecule has 2 N–H and O–H groups in total. The van der Waals surface area contributed by atoms with E-state index in [1.165, 1.54) is 0 Å². The van der Waals surface area contributed by atoms with Gasteiger partial charge in [-0.25, -0.2) is 0 Å². The van der Waals surface area contributed by atoms with Crippen LogP contribution in [0.5, 0.6) is 5.75 Å². The molecular formula is C16H23NO4. The van der Waals surface area contributed by atoms with Gasteiger partial charge in [-0.15, -0.1) is 0 Å². The lowest BCUT2D eigenvalue weighted by atomic mass is 9.83. The van der Waals surface area contributed by atoms with Crippen LogP contribution in [-0.2, 0) is 15.0 Å². The molecule has 1 aromatic rings. The normalized spacial score (nSPS) is 12.6. The lowest BCUT2D eigenvalue weighted by Crippen LogP contribution is -2.42. The maximum Gasteiger partial charge on any atom is 0.303 e. The second-order valence-electron chi connectivity index (χ2n) is 5.74. The Kier molecular flexibility index (Phi) is 5.76. The summed E-state index contributed by atoms with van der Waals surface area (Å²) in [7, 11) is 1.57. The Morgan fingerprint density at radius 2 is 1.95 bits per heavy atom. The van der Waals surface area contributed by atoms with Gasteiger partial charge in [0.05, 0.1) is 12.5 Å². The molecule has 1 rings (SSSR count). The SMILES string of the molecule is COc1ccccc1C(C)(C)C(=O)NCC(C)CC(=O)O. The number of ether oxygens (including phenoxy) is 1. The van der Waals surface area contributed by atoms with E-state index < -0.39 is 11.4 Å². The molecule has 0 aromatic heterocycles. The lowest BCUT2D eigenvalue weighted by molar-refractivity contribution is -0.138. The summed E-state index contributed by atoms with van der Waals surface area (Å²) in [6, 6.07) is 7.39. The standard InChI is InChI=1S/C16H23NO4/c1-11(9-14(18)19)10-17-15(20)16(2,3)12-7-5-6-8-13(12)21-4/h5-8,11H,9-10H2,1-4H3,(H,17,20)(H,18,19). The molecular weight excluding hydrogens is 270 g/mol. The lowest BCUT2D eigenvalue weighted by Gasteiger charge is -2.26. The van der Waals surface area contributed by atoms with Gasteiger partial charge < -0.3 is 15.2 Å². The monoisotopic (exact) mass is 293 g/mol. The van der Waals surface area contributed by atoms with Gasteiger partial charge in [-0.05, 0) is 25.8 Å². The first-order valence-electron chi connectivity index (χ1n) is 6.92. The third-order valence-electron chi connectivity index (χ3n) is 3.48. The molecule has 0 bridgehead atoms. The second kappa shape index (κ2) is 7.11. The Morgan fingerprint density at radius 1 is 1.33 bits per heavy atom. The van der Waals surface area contributed by atoms with Crippen molar-refractivity contribution in [3.63, 3.8) is 0 Å². The number of hydrogen-bond donors (Lipinski definition) is 2. The number of nitrogens with one attached hydrogen (secondary N) is 1. The van der Waals surface area contributed by atoms with Crippen molar-refractivity contribution in [1.29, 1.82) is 0 Å². The van der Waals surface area contributed by atoms with Crippen LogP contribution in [0, 0.1) is 5.92 Å². The fraction of sp³-hybridized carbons (Fsp3) is 0.500. The highest BCUT2D eigenvalue weighted by Crippen LogP contribution is 2.31. The Bertz CT molecular complexity index is 511. The topological polar surface area (TPSA) is 75.6 Å². The third-order valence-corrected chi connectivity index (χ3v) is 3.48. The van der Waals surface area contributed by atoms with E-state index in [1.807, 2.05) is 38.1 Å². The molecule has 1 amide bonds. The molecule has 0 fully saturated rings. The minimum absolute atomic E-state index is 0.0371. The Labute approximate surface area is 125 Å². The van der Waals surface area contributed by atoms with E-state index in [4.69, 9.17) is 9.84 Å². The van der Waals surface area contributed by atoms with Crippen molar-refractivity contribution in [2.24, 2.45) is 5.92 Å². The number of carboxylic acids is 1. The first-order valence-corrected chi connectivity index (χ1v) is 6.92. The van der Waals surface area contributed by atoms with Gasteiger partial charge in [-0.3, -0.25) is 9.59 Å². The second-order valence-corrected chi connectivity index (χ2v) is 5.74. The van der Waals surface area contributed by atoms with Crippen molar-refractivity contribution in [1.82, 2.24) is 5.32 Å². The molecule has 5 heteroatoms. The number of carbonyl (C=O) groups is 2. The van der Waals surface area contributed by atoms with Crippen molar-refractivity contribution in [3.8, 4) is 5.75 Å². The summed E-state index contributed by atoms with van der Waals surface area (Å²) < 4.78 is 5.30. The average molecular weight is 293 g/mol. The average Bonchev–Trinajstić information content (AvgIpc) is 2.43. The van der Waals surface area contributed by atoms with Crippen LogP contribution in [-0.4, -0.2) is 30.6 Å². The van der Waals surface area contributed by atoms with Gasteiger partial charge >= 0.3 is 5.97 Å². The molecule has 1 unspecified atom stereocenters. The molecule has 0 aliphatic carbocycles. The fourth-order valence-electron chi connectivity index (χ4n) is 2.14. The molecule has 116 valence electrons. The van der Waals surface area contributed by atoms with Gasteiger partial charge in [0.1, 0.15) is 5.75 Å². The number of para-hydroxylation sites is 1. The number of carboxylic acid groups (broad SMARTS) is 1. The number of methoxy groups -OCH3 is 1. The Morgan fingerprint density at radius 3 is 2.52 bits per heavy atom. The summed E-state index contributed by atoms with van der Waals surface area (Å²) >= 11 is 0. The van der Waals surface area contributed by atoms with E-state index in [0.29, 0.717) is 12.3 Å². The fourth-order valence-corrected chi connectivity index (χ4v) is 2.14. The van der Waals surface area contributed by atoms with Gasteiger partial charge in [0.15, 0.2) is 0 Å². The smallest absolute Gasteiger partial charge is 0.303 e. The van der Waals surface area contributed by atoms with Crippen LogP contribution in [0.25, 0.3) is 0 Å². The Hall–Kier alpha value is -2.04. The molecule has 1 atom stereocenters. The molecule has 0 aliphatic rings. The molecule has 1 aromatic carbocycles. The van der Waals surface area contributed by atoms with Gasteiger partial charge in [0.25, 0.3) is 0 Å². The first kappa shape index (κ1) is 17.0. The highest BCUT2D eigenvalue weighted by atomic mass is 16.5. The molecule has 0 saturated carbocycles. The van der Waals surface area contributed by atoms with Crippen LogP contribution >= 0.6 is 0 Å². The van der Waals surface area contributed by atoms with Crippen LogP contribution in [0.3, 0.4) is 0 Å². The van der Waals surface area contributed by atoms with Crippen LogP contribution < -0.4 is 10.1 Å². The summed E-state index contributed by atoms with van der Waals surface area (Å²) in [4.78, 5) is 23.0. The summed E-state index contributed by atoms with van der Waals surface area (Å²) in [5, 5.41) is 11.5. The van der Waals surface area contributed by atoms with Crippen LogP contribution in [0.1, 0.15) is 32.8 Å². The zero-order valence-electron chi connectivity index (χ0n) is 13.0. The molecule has 0 spiro atoms. The van der Waals surface area contributed by atoms with E-state index >= 15 is 0 Å². The predicted molar refractivity (Wildman–Crippen MR) is 80.4 cm³/mol. The largest absolute Gasteiger partial charge is 0.496 e. The van der Waals surface area contributed by atoms with E-state index in [9.17, 15) is 9.59 Å². The Balaban J connectivity index is 2.77. The molecule has 0 aliphatic heterocycles. The van der Waals surface area contributed by atoms with Crippen molar-refractivity contribution >= 4 is 11.9 Å². The van der Waals surface area contributed by atoms with Gasteiger partial charge in [0.2, 0.25) is 5.91 Å². The first-order chi connectivity index (χ1) is 9.78. The summed E-state index contributed by atoms with van der Waals surface area (Å²) in [5.41, 5.74) is 0.0473. The number of carbonyl (C=O) groups excluding carboxylic acids is 1. The van der Waals surface area contributed by atoms with E-state index in [0.717, 1.165) is 5.56 Å². The van der Waals surface area contributed by atoms with Crippen molar-refractivity contribution in [2.45, 2.75) is 32.6 Å². The molecule has 5 nitrogen and oxygen atoms in total. The minimum atomic E-state index is -0.860. The number of aliphatic carboxylic acids is 1. The van der Waals surface area contributed by atoms with Crippen molar-refractivity contribution in [3.05, 3.63) is 29.8 Å². The van der Waals surface area contributed by atoms with Crippen LogP contribution in [0.15, 0.2) is 24.3 Å². The molecule has 0 radical (unpaired) electrons. The highest BCUT2D eigenvalue weighted by molar-refractivity contribution is 5.88. The maximum absolute atomic E-state index is 12.4. The van der Waals surface area contributed by atoms with Crippen LogP contribution in [0.2, 0.25) is 0 Å². The summed E-state index contributed by atoms with van der Waals surface area (Å²) in [6.45, 7) is 5.78. The molecule has 0 heterocycles. The highest BCUT2D eigenvalue weighted by Gasteiger charge is 2.32. The maximum atomic E-state index is 12.4. The zero-order chi connectivity index (χ0) is 16.0. The van der Waals surface area contributed by atoms with Gasteiger partial charge in [0, 0.05) is 18.5 Å². The van der Waals surface area contributed by atoms with Gasteiger partial charge in [-0.2, -0.15) is 0 Å². The zero-order valence-corrected chi connectivity index (χ0v) is 13.0. The predicted octanol–water partition coefficient (Wildman–Crippen LogP) is 2.20. The molecule has 0 saturated heterocycles. The number of hydrogen-bond acceptors (Lipinski definition) is 3. The minimum Gasteiger partial charge on any atom is -0.496 e. The van der Waals surface area contributed by atoms with E-state index in [2.05, 4.69) is 5.32 Å². The third kappa shape index (κ3) is 4.48. The number of benzene rings is 1. The summed E-state index contributed by atoms with van der Waals surface area (Å²) in [6.07, 6.45) is 0.0371. The number of rotatable bonds is 7.